The molecule has 1 aliphatic heterocycles. The average molecular weight is 256 g/mol. The van der Waals surface area contributed by atoms with Crippen LogP contribution in [-0.4, -0.2) is 36.5 Å². The van der Waals surface area contributed by atoms with Crippen LogP contribution in [0.1, 0.15) is 25.5 Å². The monoisotopic (exact) mass is 256 g/mol. The molecule has 1 saturated heterocycles. The summed E-state index contributed by atoms with van der Waals surface area (Å²) in [5, 5.41) is 10.1. The van der Waals surface area contributed by atoms with Gasteiger partial charge in [0.2, 0.25) is 0 Å². The van der Waals surface area contributed by atoms with Gasteiger partial charge in [-0.25, -0.2) is 0 Å². The molecular formula is C15H19BNO2. The van der Waals surface area contributed by atoms with Crippen LogP contribution in [0.3, 0.4) is 0 Å². The zero-order valence-electron chi connectivity index (χ0n) is 11.3. The molecule has 1 N–H and O–H groups in total. The lowest BCUT2D eigenvalue weighted by Gasteiger charge is -2.19. The van der Waals surface area contributed by atoms with Crippen LogP contribution in [0, 0.1) is 0 Å². The Hall–Kier alpha value is -1.26. The number of benzene rings is 1. The van der Waals surface area contributed by atoms with E-state index in [0.717, 1.165) is 42.6 Å². The molecule has 3 nitrogen and oxygen atoms in total. The van der Waals surface area contributed by atoms with Gasteiger partial charge in [0.25, 0.3) is 0 Å². The molecule has 1 fully saturated rings. The van der Waals surface area contributed by atoms with Crippen molar-refractivity contribution in [2.45, 2.75) is 32.2 Å². The van der Waals surface area contributed by atoms with Crippen molar-refractivity contribution in [2.75, 3.05) is 13.1 Å². The minimum absolute atomic E-state index is 0.708. The van der Waals surface area contributed by atoms with Gasteiger partial charge in [0.15, 0.2) is 0 Å². The summed E-state index contributed by atoms with van der Waals surface area (Å²) in [5.74, 6) is 1.03. The topological polar surface area (TPSA) is 36.6 Å². The summed E-state index contributed by atoms with van der Waals surface area (Å²) in [4.78, 5) is 2.53. The number of likely N-dealkylation sites (tertiary alicyclic amines) is 1. The third-order valence-corrected chi connectivity index (χ3v) is 4.08. The molecule has 1 aliphatic rings. The van der Waals surface area contributed by atoms with Gasteiger partial charge >= 0.3 is 7.48 Å². The van der Waals surface area contributed by atoms with Gasteiger partial charge in [-0.1, -0.05) is 17.6 Å². The fourth-order valence-corrected chi connectivity index (χ4v) is 2.90. The van der Waals surface area contributed by atoms with Crippen molar-refractivity contribution in [3.63, 3.8) is 0 Å². The van der Waals surface area contributed by atoms with Crippen LogP contribution < -0.4 is 5.46 Å². The third-order valence-electron chi connectivity index (χ3n) is 4.08. The molecular weight excluding hydrogens is 237 g/mol. The highest BCUT2D eigenvalue weighted by atomic mass is 16.3. The van der Waals surface area contributed by atoms with Crippen molar-refractivity contribution in [1.29, 1.82) is 0 Å². The van der Waals surface area contributed by atoms with Gasteiger partial charge < -0.3 is 14.3 Å². The first-order chi connectivity index (χ1) is 9.26. The molecule has 3 rings (SSSR count). The fraction of sp³-hybridized carbons (Fsp3) is 0.467. The number of fused-ring (bicyclic) bond motifs is 1. The molecule has 1 atom stereocenters. The number of hydrogen-bond acceptors (Lipinski definition) is 3. The van der Waals surface area contributed by atoms with Crippen LogP contribution in [0.2, 0.25) is 0 Å². The Morgan fingerprint density at radius 1 is 1.42 bits per heavy atom. The molecule has 1 aromatic heterocycles. The maximum absolute atomic E-state index is 9.02. The van der Waals surface area contributed by atoms with Crippen molar-refractivity contribution in [3.05, 3.63) is 30.0 Å². The largest absolute Gasteiger partial charge is 0.461 e. The summed E-state index contributed by atoms with van der Waals surface area (Å²) in [7, 11) is 1.12. The van der Waals surface area contributed by atoms with Gasteiger partial charge in [-0.3, -0.25) is 0 Å². The summed E-state index contributed by atoms with van der Waals surface area (Å²) < 4.78 is 5.84. The summed E-state index contributed by atoms with van der Waals surface area (Å²) in [5.41, 5.74) is 1.71. The van der Waals surface area contributed by atoms with Crippen molar-refractivity contribution in [3.8, 4) is 0 Å². The molecule has 1 aromatic carbocycles. The Kier molecular flexibility index (Phi) is 3.62. The van der Waals surface area contributed by atoms with Crippen LogP contribution in [0.25, 0.3) is 11.0 Å². The first kappa shape index (κ1) is 12.8. The maximum Gasteiger partial charge on any atom is 0.326 e. The SMILES string of the molecule is C[C@@H]1CCCN1CCc1cc2cc([B]O)ccc2o1. The van der Waals surface area contributed by atoms with Gasteiger partial charge in [0, 0.05) is 24.4 Å². The summed E-state index contributed by atoms with van der Waals surface area (Å²) >= 11 is 0. The predicted octanol–water partition coefficient (Wildman–Crippen LogP) is 1.70. The molecule has 0 saturated carbocycles. The number of rotatable bonds is 4. The summed E-state index contributed by atoms with van der Waals surface area (Å²) in [6.45, 7) is 4.58. The third kappa shape index (κ3) is 2.70. The van der Waals surface area contributed by atoms with Crippen LogP contribution in [0.15, 0.2) is 28.7 Å². The van der Waals surface area contributed by atoms with E-state index >= 15 is 0 Å². The van der Waals surface area contributed by atoms with E-state index in [1.807, 2.05) is 18.2 Å². The van der Waals surface area contributed by atoms with Gasteiger partial charge in [-0.15, -0.1) is 0 Å². The molecule has 0 spiro atoms. The first-order valence-electron chi connectivity index (χ1n) is 7.00. The lowest BCUT2D eigenvalue weighted by molar-refractivity contribution is 0.266. The second kappa shape index (κ2) is 5.39. The van der Waals surface area contributed by atoms with Crippen molar-refractivity contribution in [1.82, 2.24) is 4.90 Å². The lowest BCUT2D eigenvalue weighted by Crippen LogP contribution is -2.28. The van der Waals surface area contributed by atoms with Gasteiger partial charge in [-0.2, -0.15) is 0 Å². The molecule has 19 heavy (non-hydrogen) atoms. The van der Waals surface area contributed by atoms with E-state index in [0.29, 0.717) is 6.04 Å². The summed E-state index contributed by atoms with van der Waals surface area (Å²) in [6.07, 6.45) is 3.59. The summed E-state index contributed by atoms with van der Waals surface area (Å²) in [6, 6.07) is 8.52. The zero-order valence-corrected chi connectivity index (χ0v) is 11.3. The highest BCUT2D eigenvalue weighted by Crippen LogP contribution is 2.21. The molecule has 0 aliphatic carbocycles. The molecule has 4 heteroatoms. The zero-order chi connectivity index (χ0) is 13.2. The van der Waals surface area contributed by atoms with Crippen LogP contribution in [-0.2, 0) is 6.42 Å². The number of furan rings is 1. The second-order valence-electron chi connectivity index (χ2n) is 5.42. The standard InChI is InChI=1S/C15H19BNO2/c1-11-3-2-7-17(11)8-6-14-10-12-9-13(16-18)4-5-15(12)19-14/h4-5,9-11,18H,2-3,6-8H2,1H3/t11-/m1/s1. The lowest BCUT2D eigenvalue weighted by atomic mass is 9.88. The van der Waals surface area contributed by atoms with E-state index in [2.05, 4.69) is 17.9 Å². The van der Waals surface area contributed by atoms with Gasteiger partial charge in [-0.05, 0) is 38.4 Å². The highest BCUT2D eigenvalue weighted by molar-refractivity contribution is 6.45. The van der Waals surface area contributed by atoms with E-state index in [1.54, 1.807) is 0 Å². The molecule has 0 amide bonds. The molecule has 2 aromatic rings. The average Bonchev–Trinajstić information content (AvgIpc) is 3.01. The van der Waals surface area contributed by atoms with Gasteiger partial charge in [0.1, 0.15) is 11.3 Å². The Bertz CT molecular complexity index is 566. The van der Waals surface area contributed by atoms with Crippen LogP contribution >= 0.6 is 0 Å². The number of nitrogens with zero attached hydrogens (tertiary/aromatic N) is 1. The predicted molar refractivity (Wildman–Crippen MR) is 77.8 cm³/mol. The minimum Gasteiger partial charge on any atom is -0.461 e. The van der Waals surface area contributed by atoms with E-state index in [9.17, 15) is 0 Å². The number of hydrogen-bond donors (Lipinski definition) is 1. The quantitative estimate of drug-likeness (QED) is 0.846. The Labute approximate surface area is 114 Å². The van der Waals surface area contributed by atoms with Gasteiger partial charge in [0.05, 0.1) is 0 Å². The normalized spacial score (nSPS) is 20.2. The van der Waals surface area contributed by atoms with Crippen LogP contribution in [0.4, 0.5) is 0 Å². The Morgan fingerprint density at radius 2 is 2.32 bits per heavy atom. The minimum atomic E-state index is 0.708. The molecule has 0 bridgehead atoms. The van der Waals surface area contributed by atoms with E-state index in [4.69, 9.17) is 9.44 Å². The first-order valence-corrected chi connectivity index (χ1v) is 7.00. The smallest absolute Gasteiger partial charge is 0.326 e. The molecule has 0 unspecified atom stereocenters. The van der Waals surface area contributed by atoms with E-state index < -0.39 is 0 Å². The molecule has 99 valence electrons. The van der Waals surface area contributed by atoms with Crippen molar-refractivity contribution >= 4 is 23.9 Å². The Balaban J connectivity index is 1.71. The van der Waals surface area contributed by atoms with E-state index in [1.165, 1.54) is 19.4 Å². The van der Waals surface area contributed by atoms with E-state index in [-0.39, 0.29) is 0 Å². The second-order valence-corrected chi connectivity index (χ2v) is 5.42. The maximum atomic E-state index is 9.02. The van der Waals surface area contributed by atoms with Crippen LogP contribution in [0.5, 0.6) is 0 Å². The Morgan fingerprint density at radius 3 is 3.05 bits per heavy atom. The molecule has 2 heterocycles. The molecule has 1 radical (unpaired) electrons. The highest BCUT2D eigenvalue weighted by Gasteiger charge is 2.19. The van der Waals surface area contributed by atoms with Crippen molar-refractivity contribution in [2.24, 2.45) is 0 Å². The fourth-order valence-electron chi connectivity index (χ4n) is 2.90. The van der Waals surface area contributed by atoms with Crippen molar-refractivity contribution < 1.29 is 9.44 Å².